The van der Waals surface area contributed by atoms with Crippen LogP contribution in [0.5, 0.6) is 0 Å². The number of sulfonamides is 1. The van der Waals surface area contributed by atoms with E-state index in [-0.39, 0.29) is 10.6 Å². The van der Waals surface area contributed by atoms with Gasteiger partial charge < -0.3 is 5.32 Å². The van der Waals surface area contributed by atoms with E-state index in [1.807, 2.05) is 13.2 Å². The van der Waals surface area contributed by atoms with E-state index >= 15 is 0 Å². The number of carbonyl (C=O) groups excluding carboxylic acids is 1. The first-order valence-corrected chi connectivity index (χ1v) is 12.4. The van der Waals surface area contributed by atoms with Gasteiger partial charge in [0.05, 0.1) is 21.8 Å². The quantitative estimate of drug-likeness (QED) is 0.436. The Kier molecular flexibility index (Phi) is 7.38. The van der Waals surface area contributed by atoms with Gasteiger partial charge in [0.15, 0.2) is 0 Å². The molecule has 0 fully saturated rings. The minimum atomic E-state index is -4.67. The van der Waals surface area contributed by atoms with Crippen molar-refractivity contribution in [3.63, 3.8) is 0 Å². The molecule has 0 saturated carbocycles. The Morgan fingerprint density at radius 3 is 2.15 bits per heavy atom. The Morgan fingerprint density at radius 2 is 1.58 bits per heavy atom. The van der Waals surface area contributed by atoms with E-state index in [0.717, 1.165) is 26.9 Å². The normalized spacial score (nSPS) is 11.8. The first kappa shape index (κ1) is 24.7. The van der Waals surface area contributed by atoms with Gasteiger partial charge in [0.2, 0.25) is 5.91 Å². The smallest absolute Gasteiger partial charge is 0.324 e. The number of rotatable bonds is 7. The number of para-hydroxylation sites is 1. The van der Waals surface area contributed by atoms with Crippen LogP contribution in [-0.2, 0) is 21.0 Å². The molecule has 0 spiro atoms. The summed E-state index contributed by atoms with van der Waals surface area (Å²) in [4.78, 5) is 13.6. The number of alkyl halides is 3. The fraction of sp³-hybridized carbons (Fsp3) is 0.174. The summed E-state index contributed by atoms with van der Waals surface area (Å²) in [6.07, 6.45) is -2.82. The van der Waals surface area contributed by atoms with Gasteiger partial charge in [-0.3, -0.25) is 9.10 Å². The molecular weight excluding hydrogens is 473 g/mol. The zero-order valence-corrected chi connectivity index (χ0v) is 19.4. The van der Waals surface area contributed by atoms with Crippen molar-refractivity contribution in [1.82, 2.24) is 0 Å². The van der Waals surface area contributed by atoms with E-state index < -0.39 is 39.9 Å². The number of aryl methyl sites for hydroxylation is 1. The highest BCUT2D eigenvalue weighted by molar-refractivity contribution is 7.98. The average molecular weight is 495 g/mol. The largest absolute Gasteiger partial charge is 0.418 e. The van der Waals surface area contributed by atoms with Crippen LogP contribution >= 0.6 is 11.8 Å². The van der Waals surface area contributed by atoms with Crippen LogP contribution in [-0.4, -0.2) is 27.1 Å². The Morgan fingerprint density at radius 1 is 0.970 bits per heavy atom. The lowest BCUT2D eigenvalue weighted by Gasteiger charge is -2.24. The molecule has 0 radical (unpaired) electrons. The number of nitrogens with zero attached hydrogens (tertiary/aromatic N) is 1. The van der Waals surface area contributed by atoms with Crippen molar-refractivity contribution in [2.45, 2.75) is 22.9 Å². The molecule has 3 rings (SSSR count). The summed E-state index contributed by atoms with van der Waals surface area (Å²) in [6.45, 7) is 1.12. The summed E-state index contributed by atoms with van der Waals surface area (Å²) in [5.74, 6) is -0.906. The van der Waals surface area contributed by atoms with Crippen molar-refractivity contribution in [3.8, 4) is 0 Å². The number of anilines is 2. The monoisotopic (exact) mass is 494 g/mol. The van der Waals surface area contributed by atoms with E-state index in [9.17, 15) is 26.4 Å². The summed E-state index contributed by atoms with van der Waals surface area (Å²) in [7, 11) is -4.18. The van der Waals surface area contributed by atoms with Gasteiger partial charge >= 0.3 is 6.18 Å². The Hall–Kier alpha value is -2.98. The third-order valence-corrected chi connectivity index (χ3v) is 7.29. The summed E-state index contributed by atoms with van der Waals surface area (Å²) in [6, 6.07) is 17.1. The number of hydrogen-bond donors (Lipinski definition) is 1. The molecule has 0 bridgehead atoms. The summed E-state index contributed by atoms with van der Waals surface area (Å²) < 4.78 is 67.5. The summed E-state index contributed by atoms with van der Waals surface area (Å²) >= 11 is 1.45. The lowest BCUT2D eigenvalue weighted by molar-refractivity contribution is -0.137. The maximum Gasteiger partial charge on any atom is 0.418 e. The highest BCUT2D eigenvalue weighted by atomic mass is 32.2. The van der Waals surface area contributed by atoms with Crippen LogP contribution in [0.15, 0.2) is 82.6 Å². The van der Waals surface area contributed by atoms with Crippen LogP contribution in [0.1, 0.15) is 11.1 Å². The minimum absolute atomic E-state index is 0.0376. The van der Waals surface area contributed by atoms with Crippen molar-refractivity contribution in [2.24, 2.45) is 0 Å². The Balaban J connectivity index is 1.96. The van der Waals surface area contributed by atoms with Crippen LogP contribution < -0.4 is 9.62 Å². The van der Waals surface area contributed by atoms with Crippen LogP contribution in [0.2, 0.25) is 0 Å². The predicted molar refractivity (Wildman–Crippen MR) is 124 cm³/mol. The van der Waals surface area contributed by atoms with Gasteiger partial charge in [-0.1, -0.05) is 29.8 Å². The third-order valence-electron chi connectivity index (χ3n) is 4.76. The van der Waals surface area contributed by atoms with Gasteiger partial charge in [-0.25, -0.2) is 8.42 Å². The fourth-order valence-electron chi connectivity index (χ4n) is 3.06. The number of benzene rings is 3. The first-order chi connectivity index (χ1) is 15.5. The topological polar surface area (TPSA) is 66.5 Å². The predicted octanol–water partition coefficient (Wildman–Crippen LogP) is 5.57. The molecular formula is C23H21F3N2O3S2. The Bertz CT molecular complexity index is 1230. The highest BCUT2D eigenvalue weighted by Gasteiger charge is 2.34. The van der Waals surface area contributed by atoms with E-state index in [2.05, 4.69) is 5.32 Å². The first-order valence-electron chi connectivity index (χ1n) is 9.72. The molecule has 10 heteroatoms. The maximum absolute atomic E-state index is 13.4. The SMILES string of the molecule is CSc1ccc(S(=O)(=O)N(CC(=O)Nc2ccccc2C(F)(F)F)c2ccc(C)cc2)cc1. The molecule has 0 aliphatic heterocycles. The van der Waals surface area contributed by atoms with Gasteiger partial charge in [0.25, 0.3) is 10.0 Å². The van der Waals surface area contributed by atoms with Gasteiger partial charge in [-0.15, -0.1) is 11.8 Å². The van der Waals surface area contributed by atoms with Crippen LogP contribution in [0, 0.1) is 6.92 Å². The van der Waals surface area contributed by atoms with Gasteiger partial charge in [0, 0.05) is 4.90 Å². The lowest BCUT2D eigenvalue weighted by atomic mass is 10.1. The number of hydrogen-bond acceptors (Lipinski definition) is 4. The Labute approximate surface area is 194 Å². The number of thioether (sulfide) groups is 1. The number of amides is 1. The van der Waals surface area contributed by atoms with Crippen molar-refractivity contribution < 1.29 is 26.4 Å². The molecule has 3 aromatic carbocycles. The van der Waals surface area contributed by atoms with Gasteiger partial charge in [0.1, 0.15) is 6.54 Å². The minimum Gasteiger partial charge on any atom is -0.324 e. The van der Waals surface area contributed by atoms with Crippen molar-refractivity contribution in [2.75, 3.05) is 22.4 Å². The molecule has 0 aliphatic rings. The van der Waals surface area contributed by atoms with E-state index in [4.69, 9.17) is 0 Å². The number of nitrogens with one attached hydrogen (secondary N) is 1. The molecule has 0 heterocycles. The van der Waals surface area contributed by atoms with Crippen LogP contribution in [0.3, 0.4) is 0 Å². The second kappa shape index (κ2) is 9.88. The summed E-state index contributed by atoms with van der Waals surface area (Å²) in [5.41, 5.74) is -0.367. The standard InChI is InChI=1S/C23H21F3N2O3S2/c1-16-7-9-17(10-8-16)28(33(30,31)19-13-11-18(32-2)12-14-19)15-22(29)27-21-6-4-3-5-20(21)23(24,25)26/h3-14H,15H2,1-2H3,(H,27,29). The highest BCUT2D eigenvalue weighted by Crippen LogP contribution is 2.34. The zero-order chi connectivity index (χ0) is 24.2. The van der Waals surface area contributed by atoms with E-state index in [1.54, 1.807) is 36.4 Å². The molecule has 0 aliphatic carbocycles. The molecule has 33 heavy (non-hydrogen) atoms. The molecule has 5 nitrogen and oxygen atoms in total. The molecule has 0 saturated heterocycles. The van der Waals surface area contributed by atoms with Crippen molar-refractivity contribution in [3.05, 3.63) is 83.9 Å². The fourth-order valence-corrected chi connectivity index (χ4v) is 4.89. The van der Waals surface area contributed by atoms with Crippen molar-refractivity contribution in [1.29, 1.82) is 0 Å². The van der Waals surface area contributed by atoms with Crippen molar-refractivity contribution >= 4 is 39.1 Å². The van der Waals surface area contributed by atoms with Gasteiger partial charge in [-0.2, -0.15) is 13.2 Å². The van der Waals surface area contributed by atoms with Gasteiger partial charge in [-0.05, 0) is 61.7 Å². The summed E-state index contributed by atoms with van der Waals surface area (Å²) in [5, 5.41) is 2.20. The average Bonchev–Trinajstić information content (AvgIpc) is 2.78. The number of halogens is 3. The molecule has 1 N–H and O–H groups in total. The molecule has 0 aromatic heterocycles. The van der Waals surface area contributed by atoms with E-state index in [0.29, 0.717) is 0 Å². The second-order valence-electron chi connectivity index (χ2n) is 7.11. The van der Waals surface area contributed by atoms with E-state index in [1.165, 1.54) is 36.0 Å². The van der Waals surface area contributed by atoms with Crippen LogP contribution in [0.4, 0.5) is 24.5 Å². The number of carbonyl (C=O) groups is 1. The second-order valence-corrected chi connectivity index (χ2v) is 9.86. The molecule has 0 unspecified atom stereocenters. The third kappa shape index (κ3) is 5.88. The molecule has 0 atom stereocenters. The zero-order valence-electron chi connectivity index (χ0n) is 17.8. The van der Waals surface area contributed by atoms with Crippen LogP contribution in [0.25, 0.3) is 0 Å². The maximum atomic E-state index is 13.4. The molecule has 3 aromatic rings. The lowest BCUT2D eigenvalue weighted by Crippen LogP contribution is -2.38. The molecule has 1 amide bonds. The molecule has 174 valence electrons.